The van der Waals surface area contributed by atoms with E-state index in [2.05, 4.69) is 4.72 Å². The predicted octanol–water partition coefficient (Wildman–Crippen LogP) is 2.43. The second kappa shape index (κ2) is 8.08. The lowest BCUT2D eigenvalue weighted by atomic mass is 9.84. The number of rotatable bonds is 5. The lowest BCUT2D eigenvalue weighted by Crippen LogP contribution is -2.45. The molecule has 0 aliphatic heterocycles. The summed E-state index contributed by atoms with van der Waals surface area (Å²) < 4.78 is 40.7. The number of sulfonamides is 1. The first-order valence-electron chi connectivity index (χ1n) is 7.01. The van der Waals surface area contributed by atoms with Gasteiger partial charge in [0.15, 0.2) is 0 Å². The van der Waals surface area contributed by atoms with Gasteiger partial charge in [0.05, 0.1) is 0 Å². The quantitative estimate of drug-likeness (QED) is 0.867. The van der Waals surface area contributed by atoms with Gasteiger partial charge in [0.1, 0.15) is 10.7 Å². The fourth-order valence-electron chi connectivity index (χ4n) is 2.80. The molecule has 0 heterocycles. The second-order valence-electron chi connectivity index (χ2n) is 5.29. The van der Waals surface area contributed by atoms with Crippen LogP contribution >= 0.6 is 12.4 Å². The van der Waals surface area contributed by atoms with E-state index >= 15 is 0 Å². The van der Waals surface area contributed by atoms with E-state index in [-0.39, 0.29) is 35.8 Å². The van der Waals surface area contributed by atoms with E-state index in [0.717, 1.165) is 31.7 Å². The first-order valence-corrected chi connectivity index (χ1v) is 8.50. The van der Waals surface area contributed by atoms with Gasteiger partial charge in [-0.25, -0.2) is 17.5 Å². The highest BCUT2D eigenvalue weighted by molar-refractivity contribution is 7.89. The summed E-state index contributed by atoms with van der Waals surface area (Å²) in [5.74, 6) is -0.491. The molecule has 1 saturated carbocycles. The molecular formula is C14H22ClFN2O2S. The zero-order valence-corrected chi connectivity index (χ0v) is 13.4. The van der Waals surface area contributed by atoms with E-state index < -0.39 is 15.8 Å². The molecule has 1 aliphatic rings. The minimum atomic E-state index is -3.86. The molecule has 0 radical (unpaired) electrons. The van der Waals surface area contributed by atoms with Crippen LogP contribution < -0.4 is 10.5 Å². The van der Waals surface area contributed by atoms with Crippen LogP contribution in [0.2, 0.25) is 0 Å². The van der Waals surface area contributed by atoms with Crippen LogP contribution in [0.4, 0.5) is 4.39 Å². The lowest BCUT2D eigenvalue weighted by Gasteiger charge is -2.29. The fourth-order valence-corrected chi connectivity index (χ4v) is 4.20. The van der Waals surface area contributed by atoms with Crippen molar-refractivity contribution in [3.63, 3.8) is 0 Å². The summed E-state index contributed by atoms with van der Waals surface area (Å²) in [7, 11) is -3.86. The first kappa shape index (κ1) is 18.4. The summed E-state index contributed by atoms with van der Waals surface area (Å²) in [4.78, 5) is -0.311. The Labute approximate surface area is 131 Å². The summed E-state index contributed by atoms with van der Waals surface area (Å²) in [6, 6.07) is 5.07. The van der Waals surface area contributed by atoms with Crippen molar-refractivity contribution in [1.29, 1.82) is 0 Å². The van der Waals surface area contributed by atoms with Crippen LogP contribution in [-0.2, 0) is 10.0 Å². The highest BCUT2D eigenvalue weighted by Crippen LogP contribution is 2.27. The van der Waals surface area contributed by atoms with Crippen molar-refractivity contribution < 1.29 is 12.8 Å². The van der Waals surface area contributed by atoms with E-state index in [1.807, 2.05) is 0 Å². The van der Waals surface area contributed by atoms with Crippen molar-refractivity contribution in [3.8, 4) is 0 Å². The average molecular weight is 337 g/mol. The second-order valence-corrected chi connectivity index (χ2v) is 6.97. The lowest BCUT2D eigenvalue weighted by molar-refractivity contribution is 0.294. The molecule has 4 nitrogen and oxygen atoms in total. The van der Waals surface area contributed by atoms with E-state index in [4.69, 9.17) is 5.73 Å². The molecule has 7 heteroatoms. The molecule has 120 valence electrons. The molecule has 3 N–H and O–H groups in total. The molecule has 0 spiro atoms. The minimum absolute atomic E-state index is 0. The van der Waals surface area contributed by atoms with Crippen LogP contribution in [-0.4, -0.2) is 21.0 Å². The van der Waals surface area contributed by atoms with Crippen LogP contribution in [0.3, 0.4) is 0 Å². The van der Waals surface area contributed by atoms with Gasteiger partial charge in [-0.1, -0.05) is 31.4 Å². The molecule has 0 aromatic heterocycles. The molecular weight excluding hydrogens is 315 g/mol. The van der Waals surface area contributed by atoms with Crippen LogP contribution in [0.25, 0.3) is 0 Å². The van der Waals surface area contributed by atoms with E-state index in [9.17, 15) is 12.8 Å². The van der Waals surface area contributed by atoms with Gasteiger partial charge in [-0.15, -0.1) is 12.4 Å². The highest BCUT2D eigenvalue weighted by atomic mass is 35.5. The molecule has 2 rings (SSSR count). The molecule has 1 unspecified atom stereocenters. The van der Waals surface area contributed by atoms with E-state index in [1.165, 1.54) is 24.6 Å². The van der Waals surface area contributed by atoms with Crippen molar-refractivity contribution in [3.05, 3.63) is 30.1 Å². The standard InChI is InChI=1S/C14H21FN2O2S.ClH/c15-12-8-4-5-9-14(12)20(18,19)17-13(10-16)11-6-2-1-3-7-11;/h4-5,8-9,11,13,17H,1-3,6-7,10,16H2;1H. The molecule has 1 atom stereocenters. The molecule has 1 fully saturated rings. The van der Waals surface area contributed by atoms with Gasteiger partial charge in [-0.05, 0) is 30.9 Å². The number of hydrogen-bond acceptors (Lipinski definition) is 3. The number of benzene rings is 1. The highest BCUT2D eigenvalue weighted by Gasteiger charge is 2.28. The maximum atomic E-state index is 13.6. The zero-order chi connectivity index (χ0) is 14.6. The van der Waals surface area contributed by atoms with E-state index in [0.29, 0.717) is 0 Å². The van der Waals surface area contributed by atoms with Crippen LogP contribution in [0.1, 0.15) is 32.1 Å². The molecule has 1 aliphatic carbocycles. The predicted molar refractivity (Wildman–Crippen MR) is 83.4 cm³/mol. The van der Waals surface area contributed by atoms with Crippen molar-refractivity contribution in [2.45, 2.75) is 43.0 Å². The van der Waals surface area contributed by atoms with Crippen molar-refractivity contribution in [2.75, 3.05) is 6.54 Å². The third kappa shape index (κ3) is 4.64. The Balaban J connectivity index is 0.00000220. The minimum Gasteiger partial charge on any atom is -0.329 e. The number of hydrogen-bond donors (Lipinski definition) is 2. The van der Waals surface area contributed by atoms with Crippen molar-refractivity contribution in [1.82, 2.24) is 4.72 Å². The largest absolute Gasteiger partial charge is 0.329 e. The topological polar surface area (TPSA) is 72.2 Å². The number of halogens is 2. The zero-order valence-electron chi connectivity index (χ0n) is 11.8. The smallest absolute Gasteiger partial charge is 0.243 e. The molecule has 0 amide bonds. The van der Waals surface area contributed by atoms with Gasteiger partial charge in [0.2, 0.25) is 10.0 Å². The summed E-state index contributed by atoms with van der Waals surface area (Å²) in [6.07, 6.45) is 5.34. The van der Waals surface area contributed by atoms with Gasteiger partial charge in [0, 0.05) is 12.6 Å². The third-order valence-electron chi connectivity index (χ3n) is 3.91. The maximum absolute atomic E-state index is 13.6. The number of nitrogens with two attached hydrogens (primary N) is 1. The Morgan fingerprint density at radius 3 is 2.43 bits per heavy atom. The Kier molecular flexibility index (Phi) is 7.06. The van der Waals surface area contributed by atoms with Gasteiger partial charge < -0.3 is 5.73 Å². The summed E-state index contributed by atoms with van der Waals surface area (Å²) >= 11 is 0. The van der Waals surface area contributed by atoms with Gasteiger partial charge in [0.25, 0.3) is 0 Å². The summed E-state index contributed by atoms with van der Waals surface area (Å²) in [6.45, 7) is 0.234. The first-order chi connectivity index (χ1) is 9.54. The van der Waals surface area contributed by atoms with Gasteiger partial charge in [-0.3, -0.25) is 0 Å². The van der Waals surface area contributed by atoms with Crippen LogP contribution in [0, 0.1) is 11.7 Å². The van der Waals surface area contributed by atoms with Gasteiger partial charge >= 0.3 is 0 Å². The maximum Gasteiger partial charge on any atom is 0.243 e. The van der Waals surface area contributed by atoms with Crippen molar-refractivity contribution in [2.24, 2.45) is 11.7 Å². The van der Waals surface area contributed by atoms with E-state index in [1.54, 1.807) is 0 Å². The van der Waals surface area contributed by atoms with Gasteiger partial charge in [-0.2, -0.15) is 0 Å². The fraction of sp³-hybridized carbons (Fsp3) is 0.571. The van der Waals surface area contributed by atoms with Crippen molar-refractivity contribution >= 4 is 22.4 Å². The van der Waals surface area contributed by atoms with Crippen LogP contribution in [0.15, 0.2) is 29.2 Å². The Bertz CT molecular complexity index is 548. The third-order valence-corrected chi connectivity index (χ3v) is 5.43. The Morgan fingerprint density at radius 1 is 1.24 bits per heavy atom. The molecule has 0 saturated heterocycles. The molecule has 1 aromatic rings. The summed E-state index contributed by atoms with van der Waals surface area (Å²) in [5.41, 5.74) is 5.71. The monoisotopic (exact) mass is 336 g/mol. The van der Waals surface area contributed by atoms with Crippen LogP contribution in [0.5, 0.6) is 0 Å². The Morgan fingerprint density at radius 2 is 1.86 bits per heavy atom. The molecule has 1 aromatic carbocycles. The molecule has 0 bridgehead atoms. The number of nitrogens with one attached hydrogen (secondary N) is 1. The normalized spacial score (nSPS) is 18.0. The summed E-state index contributed by atoms with van der Waals surface area (Å²) in [5, 5.41) is 0. The average Bonchev–Trinajstić information content (AvgIpc) is 2.46. The SMILES string of the molecule is Cl.NCC(NS(=O)(=O)c1ccccc1F)C1CCCCC1. The molecule has 21 heavy (non-hydrogen) atoms. The Hall–Kier alpha value is -0.690.